The van der Waals surface area contributed by atoms with E-state index in [1.165, 1.54) is 5.56 Å². The topological polar surface area (TPSA) is 42.0 Å². The molecular weight excluding hydrogens is 228 g/mol. The number of benzene rings is 1. The molecule has 1 N–H and O–H groups in total. The summed E-state index contributed by atoms with van der Waals surface area (Å²) in [5, 5.41) is 9.21. The lowest BCUT2D eigenvalue weighted by Gasteiger charge is -2.00. The van der Waals surface area contributed by atoms with E-state index in [2.05, 4.69) is 11.8 Å². The lowest BCUT2D eigenvalue weighted by Crippen LogP contribution is -2.10. The molecule has 1 fully saturated rings. The number of ether oxygens (including phenoxy) is 2. The first-order chi connectivity index (χ1) is 8.77. The molecular formula is C15H18O3. The molecule has 3 heteroatoms. The van der Waals surface area contributed by atoms with E-state index in [1.54, 1.807) is 6.92 Å². The molecule has 0 bridgehead atoms. The monoisotopic (exact) mass is 246 g/mol. The van der Waals surface area contributed by atoms with Crippen LogP contribution in [0.15, 0.2) is 30.3 Å². The Morgan fingerprint density at radius 2 is 2.17 bits per heavy atom. The molecule has 0 unspecified atom stereocenters. The van der Waals surface area contributed by atoms with Crippen LogP contribution in [0.5, 0.6) is 0 Å². The van der Waals surface area contributed by atoms with Gasteiger partial charge in [0.05, 0.1) is 19.3 Å². The predicted octanol–water partition coefficient (Wildman–Crippen LogP) is 1.74. The third-order valence-corrected chi connectivity index (χ3v) is 2.73. The van der Waals surface area contributed by atoms with Crippen molar-refractivity contribution in [3.63, 3.8) is 0 Å². The van der Waals surface area contributed by atoms with E-state index >= 15 is 0 Å². The number of aliphatic hydroxyl groups excluding tert-OH is 1. The molecule has 1 aromatic carbocycles. The van der Waals surface area contributed by atoms with Crippen molar-refractivity contribution in [2.45, 2.75) is 38.3 Å². The van der Waals surface area contributed by atoms with Gasteiger partial charge in [-0.3, -0.25) is 0 Å². The van der Waals surface area contributed by atoms with Crippen molar-refractivity contribution < 1.29 is 14.6 Å². The molecule has 96 valence electrons. The Bertz CT molecular complexity index is 416. The Labute approximate surface area is 108 Å². The minimum atomic E-state index is -0.432. The van der Waals surface area contributed by atoms with Crippen molar-refractivity contribution in [3.05, 3.63) is 35.9 Å². The second-order valence-electron chi connectivity index (χ2n) is 4.37. The summed E-state index contributed by atoms with van der Waals surface area (Å²) in [7, 11) is 0. The second kappa shape index (κ2) is 6.55. The summed E-state index contributed by atoms with van der Waals surface area (Å²) in [6.07, 6.45) is 0.0830. The fourth-order valence-corrected chi connectivity index (χ4v) is 1.67. The van der Waals surface area contributed by atoms with E-state index in [9.17, 15) is 5.11 Å². The summed E-state index contributed by atoms with van der Waals surface area (Å²) in [5.41, 5.74) is 1.17. The third kappa shape index (κ3) is 4.15. The number of hydrogen-bond acceptors (Lipinski definition) is 3. The number of rotatable bonds is 5. The molecule has 3 atom stereocenters. The van der Waals surface area contributed by atoms with Gasteiger partial charge >= 0.3 is 0 Å². The summed E-state index contributed by atoms with van der Waals surface area (Å²) in [6.45, 7) is 2.96. The maximum absolute atomic E-state index is 9.21. The standard InChI is InChI=1S/C15H18O3/c1-12(16)15-14(18-15)9-5-6-10-17-11-13-7-3-2-4-8-13/h2-4,7-8,12,14-16H,6,10-11H2,1H3/t12-,14-,15-/m1/s1. The molecule has 1 aliphatic rings. The van der Waals surface area contributed by atoms with Crippen LogP contribution in [0.4, 0.5) is 0 Å². The zero-order valence-corrected chi connectivity index (χ0v) is 10.5. The Kier molecular flexibility index (Phi) is 4.77. The zero-order valence-electron chi connectivity index (χ0n) is 10.5. The van der Waals surface area contributed by atoms with E-state index in [1.807, 2.05) is 30.3 Å². The lowest BCUT2D eigenvalue weighted by atomic mass is 10.2. The van der Waals surface area contributed by atoms with Crippen LogP contribution < -0.4 is 0 Å². The maximum Gasteiger partial charge on any atom is 0.147 e. The fourth-order valence-electron chi connectivity index (χ4n) is 1.67. The van der Waals surface area contributed by atoms with E-state index in [0.717, 1.165) is 0 Å². The lowest BCUT2D eigenvalue weighted by molar-refractivity contribution is 0.126. The minimum absolute atomic E-state index is 0.0841. The van der Waals surface area contributed by atoms with Crippen molar-refractivity contribution in [3.8, 4) is 11.8 Å². The van der Waals surface area contributed by atoms with Gasteiger partial charge in [-0.05, 0) is 12.5 Å². The zero-order chi connectivity index (χ0) is 12.8. The number of aliphatic hydroxyl groups is 1. The van der Waals surface area contributed by atoms with E-state index in [-0.39, 0.29) is 12.2 Å². The highest BCUT2D eigenvalue weighted by Gasteiger charge is 2.41. The summed E-state index contributed by atoms with van der Waals surface area (Å²) < 4.78 is 10.7. The van der Waals surface area contributed by atoms with E-state index in [0.29, 0.717) is 19.6 Å². The highest BCUT2D eigenvalue weighted by Crippen LogP contribution is 2.24. The average Bonchev–Trinajstić information content (AvgIpc) is 3.14. The van der Waals surface area contributed by atoms with Gasteiger partial charge in [-0.2, -0.15) is 0 Å². The largest absolute Gasteiger partial charge is 0.391 e. The molecule has 1 aliphatic heterocycles. The van der Waals surface area contributed by atoms with Gasteiger partial charge in [-0.15, -0.1) is 0 Å². The van der Waals surface area contributed by atoms with Crippen molar-refractivity contribution in [2.24, 2.45) is 0 Å². The molecule has 1 saturated heterocycles. The molecule has 2 rings (SSSR count). The highest BCUT2D eigenvalue weighted by molar-refractivity contribution is 5.15. The Morgan fingerprint density at radius 3 is 2.83 bits per heavy atom. The van der Waals surface area contributed by atoms with Crippen LogP contribution in [-0.2, 0) is 16.1 Å². The maximum atomic E-state index is 9.21. The van der Waals surface area contributed by atoms with Gasteiger partial charge in [-0.1, -0.05) is 42.2 Å². The summed E-state index contributed by atoms with van der Waals surface area (Å²) >= 11 is 0. The summed E-state index contributed by atoms with van der Waals surface area (Å²) in [6, 6.07) is 10.1. The molecule has 0 saturated carbocycles. The highest BCUT2D eigenvalue weighted by atomic mass is 16.6. The molecule has 0 aromatic heterocycles. The Morgan fingerprint density at radius 1 is 1.39 bits per heavy atom. The summed E-state index contributed by atoms with van der Waals surface area (Å²) in [4.78, 5) is 0. The van der Waals surface area contributed by atoms with Crippen LogP contribution >= 0.6 is 0 Å². The predicted molar refractivity (Wildman–Crippen MR) is 68.8 cm³/mol. The van der Waals surface area contributed by atoms with Gasteiger partial charge in [0.2, 0.25) is 0 Å². The first-order valence-corrected chi connectivity index (χ1v) is 6.21. The first-order valence-electron chi connectivity index (χ1n) is 6.21. The van der Waals surface area contributed by atoms with Crippen molar-refractivity contribution >= 4 is 0 Å². The minimum Gasteiger partial charge on any atom is -0.391 e. The average molecular weight is 246 g/mol. The molecule has 1 heterocycles. The van der Waals surface area contributed by atoms with E-state index < -0.39 is 6.10 Å². The van der Waals surface area contributed by atoms with Gasteiger partial charge in [0, 0.05) is 6.42 Å². The number of epoxide rings is 1. The van der Waals surface area contributed by atoms with Crippen LogP contribution in [0, 0.1) is 11.8 Å². The molecule has 0 aliphatic carbocycles. The van der Waals surface area contributed by atoms with Gasteiger partial charge in [0.25, 0.3) is 0 Å². The van der Waals surface area contributed by atoms with Gasteiger partial charge in [0.15, 0.2) is 0 Å². The van der Waals surface area contributed by atoms with Crippen molar-refractivity contribution in [1.82, 2.24) is 0 Å². The van der Waals surface area contributed by atoms with Gasteiger partial charge in [0.1, 0.15) is 12.2 Å². The fraction of sp³-hybridized carbons (Fsp3) is 0.467. The smallest absolute Gasteiger partial charge is 0.147 e. The van der Waals surface area contributed by atoms with Crippen molar-refractivity contribution in [2.75, 3.05) is 6.61 Å². The van der Waals surface area contributed by atoms with Crippen LogP contribution in [0.2, 0.25) is 0 Å². The van der Waals surface area contributed by atoms with E-state index in [4.69, 9.17) is 9.47 Å². The van der Waals surface area contributed by atoms with Gasteiger partial charge < -0.3 is 14.6 Å². The second-order valence-corrected chi connectivity index (χ2v) is 4.37. The van der Waals surface area contributed by atoms with Crippen LogP contribution in [-0.4, -0.2) is 30.0 Å². The third-order valence-electron chi connectivity index (χ3n) is 2.73. The van der Waals surface area contributed by atoms with Crippen LogP contribution in [0.25, 0.3) is 0 Å². The molecule has 18 heavy (non-hydrogen) atoms. The number of hydrogen-bond donors (Lipinski definition) is 1. The molecule has 0 spiro atoms. The SMILES string of the molecule is C[C@@H](O)[C@H]1O[C@@H]1C#CCCOCc1ccccc1. The molecule has 0 radical (unpaired) electrons. The quantitative estimate of drug-likeness (QED) is 0.489. The molecule has 0 amide bonds. The molecule has 1 aromatic rings. The van der Waals surface area contributed by atoms with Crippen LogP contribution in [0.1, 0.15) is 18.9 Å². The normalized spacial score (nSPS) is 23.0. The van der Waals surface area contributed by atoms with Gasteiger partial charge in [-0.25, -0.2) is 0 Å². The molecule has 3 nitrogen and oxygen atoms in total. The van der Waals surface area contributed by atoms with Crippen LogP contribution in [0.3, 0.4) is 0 Å². The Balaban J connectivity index is 1.56. The van der Waals surface area contributed by atoms with Crippen molar-refractivity contribution in [1.29, 1.82) is 0 Å². The first kappa shape index (κ1) is 13.1. The summed E-state index contributed by atoms with van der Waals surface area (Å²) in [5.74, 6) is 5.98. The Hall–Kier alpha value is -1.34.